The van der Waals surface area contributed by atoms with E-state index in [0.29, 0.717) is 17.9 Å². The summed E-state index contributed by atoms with van der Waals surface area (Å²) in [6.45, 7) is 1.93. The number of aliphatic hydroxyl groups is 1. The zero-order valence-corrected chi connectivity index (χ0v) is 10.7. The number of hydrogen-bond acceptors (Lipinski definition) is 2. The van der Waals surface area contributed by atoms with Gasteiger partial charge in [-0.3, -0.25) is 4.79 Å². The summed E-state index contributed by atoms with van der Waals surface area (Å²) in [5.74, 6) is -0.945. The Bertz CT molecular complexity index is 406. The molecule has 1 aromatic rings. The first-order chi connectivity index (χ1) is 8.63. The van der Waals surface area contributed by atoms with E-state index in [1.807, 2.05) is 31.2 Å². The number of carboxylic acids is 1. The van der Waals surface area contributed by atoms with Crippen molar-refractivity contribution in [1.29, 1.82) is 0 Å². The Morgan fingerprint density at radius 3 is 2.39 bits per heavy atom. The smallest absolute Gasteiger partial charge is 0.309 e. The van der Waals surface area contributed by atoms with E-state index in [4.69, 9.17) is 5.11 Å². The van der Waals surface area contributed by atoms with Gasteiger partial charge in [-0.25, -0.2) is 0 Å². The maximum atomic E-state index is 11.1. The molecule has 3 nitrogen and oxygen atoms in total. The lowest BCUT2D eigenvalue weighted by Crippen LogP contribution is -2.21. The van der Waals surface area contributed by atoms with Gasteiger partial charge in [-0.05, 0) is 36.3 Å². The van der Waals surface area contributed by atoms with E-state index < -0.39 is 18.0 Å². The minimum Gasteiger partial charge on any atom is -0.481 e. The Labute approximate surface area is 107 Å². The molecule has 1 fully saturated rings. The molecule has 98 valence electrons. The first kappa shape index (κ1) is 13.1. The molecule has 0 aliphatic heterocycles. The molecule has 2 atom stereocenters. The number of carbonyl (C=O) groups is 1. The van der Waals surface area contributed by atoms with Gasteiger partial charge in [0.2, 0.25) is 0 Å². The fraction of sp³-hybridized carbons (Fsp3) is 0.533. The van der Waals surface area contributed by atoms with E-state index in [-0.39, 0.29) is 0 Å². The van der Waals surface area contributed by atoms with Gasteiger partial charge >= 0.3 is 5.97 Å². The average molecular weight is 248 g/mol. The van der Waals surface area contributed by atoms with Crippen LogP contribution in [0.2, 0.25) is 0 Å². The molecule has 1 aliphatic carbocycles. The van der Waals surface area contributed by atoms with Crippen molar-refractivity contribution in [2.24, 2.45) is 5.92 Å². The van der Waals surface area contributed by atoms with Gasteiger partial charge in [0, 0.05) is 0 Å². The van der Waals surface area contributed by atoms with Gasteiger partial charge in [0.1, 0.15) is 0 Å². The predicted molar refractivity (Wildman–Crippen MR) is 69.4 cm³/mol. The molecule has 0 bridgehead atoms. The predicted octanol–water partition coefficient (Wildman–Crippen LogP) is 3.10. The molecule has 0 radical (unpaired) electrons. The van der Waals surface area contributed by atoms with Crippen LogP contribution in [-0.4, -0.2) is 16.2 Å². The Morgan fingerprint density at radius 1 is 1.33 bits per heavy atom. The van der Waals surface area contributed by atoms with Crippen molar-refractivity contribution in [3.8, 4) is 0 Å². The molecule has 2 unspecified atom stereocenters. The molecule has 1 aromatic carbocycles. The molecule has 0 heterocycles. The molecule has 1 saturated carbocycles. The second kappa shape index (κ2) is 5.53. The molecule has 2 N–H and O–H groups in total. The highest BCUT2D eigenvalue weighted by Gasteiger charge is 2.28. The molecule has 1 aliphatic rings. The topological polar surface area (TPSA) is 57.5 Å². The maximum absolute atomic E-state index is 11.1. The Balaban J connectivity index is 2.10. The minimum absolute atomic E-state index is 0.501. The van der Waals surface area contributed by atoms with E-state index >= 15 is 0 Å². The fourth-order valence-corrected chi connectivity index (χ4v) is 2.34. The number of aliphatic carboxylic acids is 1. The van der Waals surface area contributed by atoms with Crippen molar-refractivity contribution in [1.82, 2.24) is 0 Å². The van der Waals surface area contributed by atoms with Crippen LogP contribution >= 0.6 is 0 Å². The maximum Gasteiger partial charge on any atom is 0.309 e. The van der Waals surface area contributed by atoms with Gasteiger partial charge in [-0.15, -0.1) is 0 Å². The molecule has 0 amide bonds. The van der Waals surface area contributed by atoms with E-state index in [0.717, 1.165) is 6.42 Å². The summed E-state index contributed by atoms with van der Waals surface area (Å²) in [6.07, 6.45) is 2.84. The Hall–Kier alpha value is -1.35. The highest BCUT2D eigenvalue weighted by atomic mass is 16.4. The number of carboxylic acid groups (broad SMARTS) is 1. The third-order valence-electron chi connectivity index (χ3n) is 3.62. The first-order valence-corrected chi connectivity index (χ1v) is 6.64. The molecule has 2 rings (SSSR count). The van der Waals surface area contributed by atoms with E-state index in [9.17, 15) is 9.90 Å². The summed E-state index contributed by atoms with van der Waals surface area (Å²) < 4.78 is 0. The van der Waals surface area contributed by atoms with E-state index in [1.165, 1.54) is 18.4 Å². The number of benzene rings is 1. The van der Waals surface area contributed by atoms with Crippen molar-refractivity contribution in [3.05, 3.63) is 35.4 Å². The SMILES string of the molecule is CCCC(C(=O)O)C(O)c1ccc(C2CC2)cc1. The van der Waals surface area contributed by atoms with E-state index in [2.05, 4.69) is 0 Å². The summed E-state index contributed by atoms with van der Waals surface area (Å²) >= 11 is 0. The zero-order valence-electron chi connectivity index (χ0n) is 10.7. The average Bonchev–Trinajstić information content (AvgIpc) is 3.19. The standard InChI is InChI=1S/C15H20O3/c1-2-3-13(15(17)18)14(16)12-8-6-11(7-9-12)10-4-5-10/h6-10,13-14,16H,2-5H2,1H3,(H,17,18). The molecular weight excluding hydrogens is 228 g/mol. The monoisotopic (exact) mass is 248 g/mol. The minimum atomic E-state index is -0.921. The van der Waals surface area contributed by atoms with Crippen LogP contribution in [0.5, 0.6) is 0 Å². The molecule has 0 spiro atoms. The van der Waals surface area contributed by atoms with Crippen LogP contribution in [0.1, 0.15) is 55.8 Å². The van der Waals surface area contributed by atoms with Gasteiger partial charge in [0.15, 0.2) is 0 Å². The van der Waals surface area contributed by atoms with Crippen molar-refractivity contribution >= 4 is 5.97 Å². The number of hydrogen-bond donors (Lipinski definition) is 2. The van der Waals surface area contributed by atoms with Crippen LogP contribution in [0.3, 0.4) is 0 Å². The van der Waals surface area contributed by atoms with Crippen LogP contribution in [0.15, 0.2) is 24.3 Å². The lowest BCUT2D eigenvalue weighted by atomic mass is 9.91. The lowest BCUT2D eigenvalue weighted by Gasteiger charge is -2.19. The molecule has 0 saturated heterocycles. The third kappa shape index (κ3) is 2.91. The largest absolute Gasteiger partial charge is 0.481 e. The fourth-order valence-electron chi connectivity index (χ4n) is 2.34. The summed E-state index contributed by atoms with van der Waals surface area (Å²) in [4.78, 5) is 11.1. The highest BCUT2D eigenvalue weighted by molar-refractivity contribution is 5.71. The third-order valence-corrected chi connectivity index (χ3v) is 3.62. The van der Waals surface area contributed by atoms with Gasteiger partial charge < -0.3 is 10.2 Å². The van der Waals surface area contributed by atoms with Crippen molar-refractivity contribution in [3.63, 3.8) is 0 Å². The molecular formula is C15H20O3. The van der Waals surface area contributed by atoms with Gasteiger partial charge in [0.05, 0.1) is 12.0 Å². The second-order valence-electron chi connectivity index (χ2n) is 5.12. The van der Waals surface area contributed by atoms with E-state index in [1.54, 1.807) is 0 Å². The van der Waals surface area contributed by atoms with Crippen molar-refractivity contribution < 1.29 is 15.0 Å². The summed E-state index contributed by atoms with van der Waals surface area (Å²) in [6, 6.07) is 7.76. The van der Waals surface area contributed by atoms with Crippen LogP contribution in [0.4, 0.5) is 0 Å². The number of aliphatic hydroxyl groups excluding tert-OH is 1. The Kier molecular flexibility index (Phi) is 4.02. The van der Waals surface area contributed by atoms with Crippen molar-refractivity contribution in [2.75, 3.05) is 0 Å². The molecule has 3 heteroatoms. The Morgan fingerprint density at radius 2 is 1.94 bits per heavy atom. The van der Waals surface area contributed by atoms with Gasteiger partial charge in [-0.1, -0.05) is 37.6 Å². The number of rotatable bonds is 6. The second-order valence-corrected chi connectivity index (χ2v) is 5.12. The van der Waals surface area contributed by atoms with Crippen LogP contribution in [0.25, 0.3) is 0 Å². The molecule has 18 heavy (non-hydrogen) atoms. The van der Waals surface area contributed by atoms with Crippen LogP contribution in [0, 0.1) is 5.92 Å². The quantitative estimate of drug-likeness (QED) is 0.813. The van der Waals surface area contributed by atoms with Gasteiger partial charge in [0.25, 0.3) is 0 Å². The first-order valence-electron chi connectivity index (χ1n) is 6.64. The summed E-state index contributed by atoms with van der Waals surface area (Å²) in [5.41, 5.74) is 2.01. The highest BCUT2D eigenvalue weighted by Crippen LogP contribution is 2.40. The van der Waals surface area contributed by atoms with Crippen LogP contribution in [-0.2, 0) is 4.79 Å². The lowest BCUT2D eigenvalue weighted by molar-refractivity contribution is -0.146. The summed E-state index contributed by atoms with van der Waals surface area (Å²) in [7, 11) is 0. The zero-order chi connectivity index (χ0) is 13.1. The normalized spacial score (nSPS) is 18.3. The van der Waals surface area contributed by atoms with Gasteiger partial charge in [-0.2, -0.15) is 0 Å². The van der Waals surface area contributed by atoms with Crippen molar-refractivity contribution in [2.45, 2.75) is 44.6 Å². The summed E-state index contributed by atoms with van der Waals surface area (Å²) in [5, 5.41) is 19.3. The molecule has 0 aromatic heterocycles. The van der Waals surface area contributed by atoms with Crippen LogP contribution < -0.4 is 0 Å².